The molecule has 0 atom stereocenters. The smallest absolute Gasteiger partial charge is 0.266 e. The summed E-state index contributed by atoms with van der Waals surface area (Å²) < 4.78 is 2.81. The van der Waals surface area contributed by atoms with Gasteiger partial charge in [0.25, 0.3) is 22.2 Å². The van der Waals surface area contributed by atoms with Gasteiger partial charge in [-0.05, 0) is 219 Å². The molecule has 6 nitrogen and oxygen atoms in total. The first-order chi connectivity index (χ1) is 33.5. The fourth-order valence-corrected chi connectivity index (χ4v) is 10.9. The Morgan fingerprint density at radius 3 is 0.714 bits per heavy atom. The molecule has 6 heteroatoms. The molecule has 2 heterocycles. The van der Waals surface area contributed by atoms with Crippen LogP contribution >= 0.6 is 0 Å². The molecule has 0 N–H and O–H groups in total. The normalized spacial score (nSPS) is 12.3. The minimum Gasteiger partial charge on any atom is -0.268 e. The second-order valence-corrected chi connectivity index (χ2v) is 20.5. The number of benzene rings is 8. The summed E-state index contributed by atoms with van der Waals surface area (Å²) >= 11 is 0. The standard InChI is InChI=1S/C64H54N2O4/c1-11-37-17-51(33(3)4)59(52(18-37)34(5)6)65-61(67)55-29-47-25-43-21-39-13-15-41-23-45-27-49-31-57-58(64(70)66(63(57)69)60-53(35(7)8)19-38(12-2)20-54(60)36(9)10)32-50(49)28-46(45)24-42(41)16-14-40(39)22-44(43)26-48(47)30-56(55)62(65)68/h11-36H,1-2H2,3-10H3. The highest BCUT2D eigenvalue weighted by Crippen LogP contribution is 2.37. The molecule has 11 rings (SSSR count). The van der Waals surface area contributed by atoms with E-state index in [4.69, 9.17) is 0 Å². The number of fused-ring (bicyclic) bond motifs is 8. The predicted octanol–water partition coefficient (Wildman–Crippen LogP) is 15.2. The summed E-state index contributed by atoms with van der Waals surface area (Å²) in [6, 6.07) is 41.5. The summed E-state index contributed by atoms with van der Waals surface area (Å²) in [5.74, 6) is 0.314. The zero-order valence-electron chi connectivity index (χ0n) is 41.0. The maximum Gasteiger partial charge on any atom is 0.266 e. The number of nitrogens with zero attached hydrogens (tertiary/aromatic N) is 2. The van der Waals surface area contributed by atoms with Crippen molar-refractivity contribution in [3.8, 4) is 11.4 Å². The predicted molar refractivity (Wildman–Crippen MR) is 298 cm³/mol. The van der Waals surface area contributed by atoms with Gasteiger partial charge in [-0.25, -0.2) is 9.13 Å². The summed E-state index contributed by atoms with van der Waals surface area (Å²) in [4.78, 5) is 57.5. The topological polar surface area (TPSA) is 78.1 Å². The molecule has 70 heavy (non-hydrogen) atoms. The molecular formula is C64H54N2O4. The molecule has 0 fully saturated rings. The molecule has 0 radical (unpaired) electrons. The third-order valence-electron chi connectivity index (χ3n) is 14.7. The molecular weight excluding hydrogens is 861 g/mol. The van der Waals surface area contributed by atoms with Crippen LogP contribution in [-0.2, 0) is 0 Å². The maximum atomic E-state index is 14.4. The van der Waals surface area contributed by atoms with Crippen molar-refractivity contribution < 1.29 is 0 Å². The van der Waals surface area contributed by atoms with E-state index < -0.39 is 0 Å². The highest BCUT2D eigenvalue weighted by molar-refractivity contribution is 6.10. The lowest BCUT2D eigenvalue weighted by Gasteiger charge is -2.20. The summed E-state index contributed by atoms with van der Waals surface area (Å²) in [6.07, 6.45) is 3.64. The van der Waals surface area contributed by atoms with Gasteiger partial charge >= 0.3 is 0 Å². The van der Waals surface area contributed by atoms with Crippen LogP contribution < -0.4 is 22.2 Å². The van der Waals surface area contributed by atoms with Crippen molar-refractivity contribution in [2.24, 2.45) is 0 Å². The van der Waals surface area contributed by atoms with Gasteiger partial charge in [0.1, 0.15) is 0 Å². The number of hydrogen-bond acceptors (Lipinski definition) is 4. The lowest BCUT2D eigenvalue weighted by Crippen LogP contribution is -2.26. The number of rotatable bonds is 8. The zero-order valence-corrected chi connectivity index (χ0v) is 41.0. The van der Waals surface area contributed by atoms with Gasteiger partial charge in [0.2, 0.25) is 0 Å². The highest BCUT2D eigenvalue weighted by Gasteiger charge is 2.25. The van der Waals surface area contributed by atoms with Gasteiger partial charge < -0.3 is 0 Å². The molecule has 0 saturated heterocycles. The second-order valence-electron chi connectivity index (χ2n) is 20.5. The summed E-state index contributed by atoms with van der Waals surface area (Å²) in [5, 5.41) is 13.6. The van der Waals surface area contributed by atoms with Crippen LogP contribution in [0, 0.1) is 0 Å². The molecule has 0 spiro atoms. The fraction of sp³-hybridized carbons (Fsp3) is 0.188. The van der Waals surface area contributed by atoms with E-state index in [2.05, 4.69) is 141 Å². The Morgan fingerprint density at radius 1 is 0.314 bits per heavy atom. The van der Waals surface area contributed by atoms with Gasteiger partial charge in [-0.1, -0.05) is 105 Å². The Morgan fingerprint density at radius 2 is 0.514 bits per heavy atom. The van der Waals surface area contributed by atoms with Gasteiger partial charge in [-0.15, -0.1) is 0 Å². The molecule has 11 aromatic rings. The molecule has 0 saturated carbocycles. The molecule has 344 valence electrons. The second kappa shape index (κ2) is 16.3. The molecule has 2 aromatic heterocycles. The molecule has 9 aromatic carbocycles. The first-order valence-corrected chi connectivity index (χ1v) is 24.4. The van der Waals surface area contributed by atoms with E-state index in [9.17, 15) is 19.2 Å². The van der Waals surface area contributed by atoms with Crippen LogP contribution in [-0.4, -0.2) is 9.13 Å². The van der Waals surface area contributed by atoms with E-state index >= 15 is 0 Å². The van der Waals surface area contributed by atoms with Gasteiger partial charge in [-0.2, -0.15) is 0 Å². The Hall–Kier alpha value is -7.96. The van der Waals surface area contributed by atoms with Crippen LogP contribution in [0.15, 0.2) is 154 Å². The van der Waals surface area contributed by atoms with Crippen molar-refractivity contribution in [2.45, 2.75) is 79.1 Å². The zero-order chi connectivity index (χ0) is 49.2. The van der Waals surface area contributed by atoms with Crippen LogP contribution in [0.1, 0.15) is 112 Å². The highest BCUT2D eigenvalue weighted by atomic mass is 16.2. The van der Waals surface area contributed by atoms with Gasteiger partial charge in [0.15, 0.2) is 0 Å². The van der Waals surface area contributed by atoms with E-state index in [-0.39, 0.29) is 45.9 Å². The average Bonchev–Trinajstić information content (AvgIpc) is 3.71. The molecule has 0 aliphatic heterocycles. The lowest BCUT2D eigenvalue weighted by molar-refractivity contribution is 0.795. The first kappa shape index (κ1) is 44.5. The number of aromatic nitrogens is 2. The molecule has 0 amide bonds. The van der Waals surface area contributed by atoms with Crippen LogP contribution in [0.3, 0.4) is 0 Å². The molecule has 0 bridgehead atoms. The van der Waals surface area contributed by atoms with E-state index in [1.165, 1.54) is 9.13 Å². The molecule has 0 aliphatic carbocycles. The van der Waals surface area contributed by atoms with Gasteiger partial charge in [-0.3, -0.25) is 19.2 Å². The van der Waals surface area contributed by atoms with Crippen molar-refractivity contribution in [1.82, 2.24) is 9.13 Å². The number of hydrogen-bond donors (Lipinski definition) is 0. The van der Waals surface area contributed by atoms with Crippen molar-refractivity contribution in [1.29, 1.82) is 0 Å². The monoisotopic (exact) mass is 914 g/mol. The average molecular weight is 915 g/mol. The van der Waals surface area contributed by atoms with E-state index in [0.717, 1.165) is 98.0 Å². The Balaban J connectivity index is 1.03. The molecule has 0 aliphatic rings. The van der Waals surface area contributed by atoms with Crippen LogP contribution in [0.5, 0.6) is 0 Å². The van der Waals surface area contributed by atoms with Crippen molar-refractivity contribution in [3.05, 3.63) is 209 Å². The van der Waals surface area contributed by atoms with E-state index in [1.54, 1.807) is 0 Å². The largest absolute Gasteiger partial charge is 0.268 e. The fourth-order valence-electron chi connectivity index (χ4n) is 10.9. The van der Waals surface area contributed by atoms with Crippen molar-refractivity contribution in [3.63, 3.8) is 0 Å². The van der Waals surface area contributed by atoms with Gasteiger partial charge in [0.05, 0.1) is 32.9 Å². The Labute approximate surface area is 405 Å². The molecule has 0 unspecified atom stereocenters. The quantitative estimate of drug-likeness (QED) is 0.142. The van der Waals surface area contributed by atoms with E-state index in [1.807, 2.05) is 60.7 Å². The van der Waals surface area contributed by atoms with Crippen molar-refractivity contribution >= 4 is 98.3 Å². The Bertz CT molecular complexity index is 3840. The lowest BCUT2D eigenvalue weighted by atomic mass is 9.90. The van der Waals surface area contributed by atoms with E-state index in [0.29, 0.717) is 32.9 Å². The minimum atomic E-state index is -0.298. The van der Waals surface area contributed by atoms with Crippen LogP contribution in [0.2, 0.25) is 0 Å². The van der Waals surface area contributed by atoms with Crippen LogP contribution in [0.25, 0.3) is 110 Å². The van der Waals surface area contributed by atoms with Crippen LogP contribution in [0.4, 0.5) is 0 Å². The SMILES string of the molecule is C=Cc1cc(C(C)C)c(-n2c(=O)c3cc4cc5cc6ccc7cc8cc9cc%10c(=O)n(-c%11c(C(C)C)cc(C=C)cc%11C(C)C)c(=O)c%10cc9cc8cc7ccc6cc5cc4cc3c2=O)c(C(C)C)c1. The third-order valence-corrected chi connectivity index (χ3v) is 14.7. The maximum absolute atomic E-state index is 14.4. The minimum absolute atomic E-state index is 0.0785. The third kappa shape index (κ3) is 6.91. The Kier molecular flexibility index (Phi) is 10.4. The summed E-state index contributed by atoms with van der Waals surface area (Å²) in [5.41, 5.74) is 5.92. The summed E-state index contributed by atoms with van der Waals surface area (Å²) in [7, 11) is 0. The first-order valence-electron chi connectivity index (χ1n) is 24.4. The van der Waals surface area contributed by atoms with Gasteiger partial charge in [0, 0.05) is 0 Å². The van der Waals surface area contributed by atoms with Crippen molar-refractivity contribution in [2.75, 3.05) is 0 Å². The summed E-state index contributed by atoms with van der Waals surface area (Å²) in [6.45, 7) is 24.7.